The minimum atomic E-state index is -0.773. The van der Waals surface area contributed by atoms with Crippen molar-refractivity contribution < 1.29 is 14.6 Å². The quantitative estimate of drug-likeness (QED) is 0.879. The summed E-state index contributed by atoms with van der Waals surface area (Å²) in [5.74, 6) is -0.773. The second kappa shape index (κ2) is 5.41. The van der Waals surface area contributed by atoms with Crippen LogP contribution >= 0.6 is 11.3 Å². The van der Waals surface area contributed by atoms with E-state index < -0.39 is 5.97 Å². The molecule has 0 bridgehead atoms. The summed E-state index contributed by atoms with van der Waals surface area (Å²) in [6.07, 6.45) is 4.15. The summed E-state index contributed by atoms with van der Waals surface area (Å²) in [5.41, 5.74) is 0.977. The second-order valence-electron chi connectivity index (χ2n) is 3.92. The Morgan fingerprint density at radius 1 is 1.62 bits per heavy atom. The molecular weight excluding hydrogens is 226 g/mol. The van der Waals surface area contributed by atoms with Gasteiger partial charge in [-0.15, -0.1) is 11.3 Å². The molecule has 2 rings (SSSR count). The molecule has 0 spiro atoms. The minimum absolute atomic E-state index is 0.128. The van der Waals surface area contributed by atoms with E-state index in [0.717, 1.165) is 30.2 Å². The zero-order chi connectivity index (χ0) is 11.4. The van der Waals surface area contributed by atoms with Crippen LogP contribution in [0.4, 0.5) is 0 Å². The molecule has 1 saturated heterocycles. The Balaban J connectivity index is 1.93. The molecule has 0 saturated carbocycles. The maximum absolute atomic E-state index is 10.4. The highest BCUT2D eigenvalue weighted by atomic mass is 32.1. The Morgan fingerprint density at radius 3 is 3.19 bits per heavy atom. The molecule has 2 heterocycles. The van der Waals surface area contributed by atoms with Crippen LogP contribution < -0.4 is 0 Å². The third kappa shape index (κ3) is 3.02. The van der Waals surface area contributed by atoms with Crippen LogP contribution in [0, 0.1) is 0 Å². The number of carbonyl (C=O) groups is 1. The Bertz CT molecular complexity index is 358. The Hall–Kier alpha value is -0.940. The van der Waals surface area contributed by atoms with Gasteiger partial charge in [0.25, 0.3) is 0 Å². The molecule has 88 valence electrons. The smallest absolute Gasteiger partial charge is 0.303 e. The number of aliphatic carboxylic acids is 1. The van der Waals surface area contributed by atoms with Gasteiger partial charge in [0, 0.05) is 18.4 Å². The van der Waals surface area contributed by atoms with Gasteiger partial charge in [0.1, 0.15) is 6.10 Å². The number of carboxylic acid groups (broad SMARTS) is 1. The first-order valence-corrected chi connectivity index (χ1v) is 6.41. The van der Waals surface area contributed by atoms with Crippen molar-refractivity contribution >= 4 is 17.3 Å². The lowest BCUT2D eigenvalue weighted by Crippen LogP contribution is -2.11. The van der Waals surface area contributed by atoms with Crippen molar-refractivity contribution in [3.05, 3.63) is 16.1 Å². The minimum Gasteiger partial charge on any atom is -0.481 e. The van der Waals surface area contributed by atoms with Crippen LogP contribution in [0.15, 0.2) is 5.38 Å². The van der Waals surface area contributed by atoms with Crippen molar-refractivity contribution in [1.29, 1.82) is 0 Å². The maximum atomic E-state index is 10.4. The number of hydrogen-bond acceptors (Lipinski definition) is 4. The SMILES string of the molecule is O=C(O)CCc1nc(C2CCCCO2)cs1. The Kier molecular flexibility index (Phi) is 3.90. The first kappa shape index (κ1) is 11.5. The van der Waals surface area contributed by atoms with Crippen LogP contribution in [0.1, 0.15) is 42.5 Å². The van der Waals surface area contributed by atoms with E-state index in [1.165, 1.54) is 17.8 Å². The van der Waals surface area contributed by atoms with E-state index in [4.69, 9.17) is 9.84 Å². The molecule has 0 aliphatic carbocycles. The first-order chi connectivity index (χ1) is 7.75. The summed E-state index contributed by atoms with van der Waals surface area (Å²) in [4.78, 5) is 14.9. The van der Waals surface area contributed by atoms with E-state index in [0.29, 0.717) is 6.42 Å². The van der Waals surface area contributed by atoms with Crippen molar-refractivity contribution in [2.24, 2.45) is 0 Å². The van der Waals surface area contributed by atoms with Crippen LogP contribution in [-0.2, 0) is 16.0 Å². The fourth-order valence-electron chi connectivity index (χ4n) is 1.78. The molecule has 5 heteroatoms. The predicted molar refractivity (Wildman–Crippen MR) is 60.6 cm³/mol. The summed E-state index contributed by atoms with van der Waals surface area (Å²) in [6, 6.07) is 0. The normalized spacial score (nSPS) is 20.9. The van der Waals surface area contributed by atoms with Crippen molar-refractivity contribution in [1.82, 2.24) is 4.98 Å². The van der Waals surface area contributed by atoms with E-state index in [1.54, 1.807) is 0 Å². The molecule has 4 nitrogen and oxygen atoms in total. The number of thiazole rings is 1. The number of aromatic nitrogens is 1. The van der Waals surface area contributed by atoms with E-state index in [1.807, 2.05) is 5.38 Å². The van der Waals surface area contributed by atoms with E-state index in [9.17, 15) is 4.79 Å². The number of nitrogens with zero attached hydrogens (tertiary/aromatic N) is 1. The number of aryl methyl sites for hydroxylation is 1. The summed E-state index contributed by atoms with van der Waals surface area (Å²) in [5, 5.41) is 11.5. The van der Waals surface area contributed by atoms with Crippen molar-refractivity contribution in [3.63, 3.8) is 0 Å². The molecule has 0 aromatic carbocycles. The molecule has 1 atom stereocenters. The molecule has 1 N–H and O–H groups in total. The van der Waals surface area contributed by atoms with Gasteiger partial charge < -0.3 is 9.84 Å². The first-order valence-electron chi connectivity index (χ1n) is 5.53. The molecule has 1 aliphatic rings. The fraction of sp³-hybridized carbons (Fsp3) is 0.636. The summed E-state index contributed by atoms with van der Waals surface area (Å²) < 4.78 is 5.63. The highest BCUT2D eigenvalue weighted by Crippen LogP contribution is 2.28. The molecule has 0 amide bonds. The van der Waals surface area contributed by atoms with Gasteiger partial charge in [-0.05, 0) is 19.3 Å². The van der Waals surface area contributed by atoms with Gasteiger partial charge in [-0.2, -0.15) is 0 Å². The van der Waals surface area contributed by atoms with Gasteiger partial charge >= 0.3 is 5.97 Å². The van der Waals surface area contributed by atoms with Gasteiger partial charge in [0.05, 0.1) is 17.1 Å². The molecule has 1 aliphatic heterocycles. The number of rotatable bonds is 4. The molecule has 16 heavy (non-hydrogen) atoms. The molecule has 0 radical (unpaired) electrons. The molecule has 1 aromatic rings. The number of carboxylic acids is 1. The third-order valence-corrected chi connectivity index (χ3v) is 3.56. The highest BCUT2D eigenvalue weighted by molar-refractivity contribution is 7.09. The van der Waals surface area contributed by atoms with E-state index in [2.05, 4.69) is 4.98 Å². The van der Waals surface area contributed by atoms with E-state index in [-0.39, 0.29) is 12.5 Å². The number of ether oxygens (including phenoxy) is 1. The van der Waals surface area contributed by atoms with Gasteiger partial charge in [-0.25, -0.2) is 4.98 Å². The average Bonchev–Trinajstić information content (AvgIpc) is 2.76. The predicted octanol–water partition coefficient (Wildman–Crippen LogP) is 2.40. The zero-order valence-electron chi connectivity index (χ0n) is 9.02. The van der Waals surface area contributed by atoms with Crippen molar-refractivity contribution in [2.75, 3.05) is 6.61 Å². The lowest BCUT2D eigenvalue weighted by atomic mass is 10.1. The van der Waals surface area contributed by atoms with Crippen LogP contribution in [0.3, 0.4) is 0 Å². The van der Waals surface area contributed by atoms with Crippen molar-refractivity contribution in [2.45, 2.75) is 38.2 Å². The van der Waals surface area contributed by atoms with Crippen LogP contribution in [0.5, 0.6) is 0 Å². The van der Waals surface area contributed by atoms with Gasteiger partial charge in [0.15, 0.2) is 0 Å². The van der Waals surface area contributed by atoms with Crippen LogP contribution in [-0.4, -0.2) is 22.7 Å². The summed E-state index contributed by atoms with van der Waals surface area (Å²) in [7, 11) is 0. The molecule has 1 aromatic heterocycles. The lowest BCUT2D eigenvalue weighted by molar-refractivity contribution is -0.136. The molecule has 1 unspecified atom stereocenters. The average molecular weight is 241 g/mol. The van der Waals surface area contributed by atoms with Crippen LogP contribution in [0.25, 0.3) is 0 Å². The molecule has 1 fully saturated rings. The molecular formula is C11H15NO3S. The third-order valence-electron chi connectivity index (χ3n) is 2.63. The summed E-state index contributed by atoms with van der Waals surface area (Å²) in [6.45, 7) is 0.812. The fourth-order valence-corrected chi connectivity index (χ4v) is 2.61. The summed E-state index contributed by atoms with van der Waals surface area (Å²) >= 11 is 1.53. The Morgan fingerprint density at radius 2 is 2.50 bits per heavy atom. The zero-order valence-corrected chi connectivity index (χ0v) is 9.83. The largest absolute Gasteiger partial charge is 0.481 e. The maximum Gasteiger partial charge on any atom is 0.303 e. The second-order valence-corrected chi connectivity index (χ2v) is 4.86. The van der Waals surface area contributed by atoms with Gasteiger partial charge in [0.2, 0.25) is 0 Å². The topological polar surface area (TPSA) is 59.4 Å². The van der Waals surface area contributed by atoms with Crippen molar-refractivity contribution in [3.8, 4) is 0 Å². The Labute approximate surface area is 98.3 Å². The van der Waals surface area contributed by atoms with Gasteiger partial charge in [-0.3, -0.25) is 4.79 Å². The van der Waals surface area contributed by atoms with Crippen LogP contribution in [0.2, 0.25) is 0 Å². The monoisotopic (exact) mass is 241 g/mol. The number of hydrogen-bond donors (Lipinski definition) is 1. The highest BCUT2D eigenvalue weighted by Gasteiger charge is 2.18. The lowest BCUT2D eigenvalue weighted by Gasteiger charge is -2.20. The standard InChI is InChI=1S/C11H15NO3S/c13-11(14)5-4-10-12-8(7-16-10)9-3-1-2-6-15-9/h7,9H,1-6H2,(H,13,14). The van der Waals surface area contributed by atoms with Gasteiger partial charge in [-0.1, -0.05) is 0 Å². The van der Waals surface area contributed by atoms with E-state index >= 15 is 0 Å².